The number of nitrogens with zero attached hydrogens (tertiary/aromatic N) is 2. The fraction of sp³-hybridized carbons (Fsp3) is 0.257. The Morgan fingerprint density at radius 2 is 1.57 bits per heavy atom. The number of rotatable bonds is 13. The maximum absolute atomic E-state index is 14.6. The molecule has 0 fully saturated rings. The van der Waals surface area contributed by atoms with Gasteiger partial charge in [-0.05, 0) is 73.9 Å². The molecule has 0 radical (unpaired) electrons. The molecule has 46 heavy (non-hydrogen) atoms. The van der Waals surface area contributed by atoms with Gasteiger partial charge in [0.1, 0.15) is 12.6 Å². The van der Waals surface area contributed by atoms with Gasteiger partial charge in [0.15, 0.2) is 0 Å². The molecule has 0 spiro atoms. The molecule has 0 unspecified atom stereocenters. The molecule has 4 aromatic carbocycles. The number of aryl methyl sites for hydroxylation is 1. The van der Waals surface area contributed by atoms with Crippen molar-refractivity contribution in [3.63, 3.8) is 0 Å². The molecule has 0 heterocycles. The highest BCUT2D eigenvalue weighted by atomic mass is 79.9. The number of amides is 2. The van der Waals surface area contributed by atoms with E-state index in [-0.39, 0.29) is 45.5 Å². The Hall–Kier alpha value is -3.37. The Kier molecular flexibility index (Phi) is 12.3. The Balaban J connectivity index is 1.84. The lowest BCUT2D eigenvalue weighted by Crippen LogP contribution is -2.54. The minimum absolute atomic E-state index is 0.0177. The first-order valence-electron chi connectivity index (χ1n) is 14.8. The summed E-state index contributed by atoms with van der Waals surface area (Å²) in [7, 11) is -4.31. The van der Waals surface area contributed by atoms with E-state index in [9.17, 15) is 18.0 Å². The summed E-state index contributed by atoms with van der Waals surface area (Å²) in [5.74, 6) is -0.929. The second-order valence-electron chi connectivity index (χ2n) is 11.1. The van der Waals surface area contributed by atoms with E-state index in [0.29, 0.717) is 6.42 Å². The van der Waals surface area contributed by atoms with Crippen LogP contribution in [0.2, 0.25) is 10.0 Å². The SMILES string of the molecule is CC[C@H](C)NC(=O)[C@@H](Cc1ccccc1)N(Cc1cccc(Br)c1)C(=O)CN(c1cc(Cl)ccc1Cl)S(=O)(=O)c1ccc(C)cc1. The van der Waals surface area contributed by atoms with Gasteiger partial charge in [-0.15, -0.1) is 0 Å². The number of nitrogens with one attached hydrogen (secondary N) is 1. The zero-order valence-electron chi connectivity index (χ0n) is 25.8. The molecule has 2 amide bonds. The zero-order valence-corrected chi connectivity index (χ0v) is 29.7. The lowest BCUT2D eigenvalue weighted by Gasteiger charge is -2.34. The lowest BCUT2D eigenvalue weighted by atomic mass is 10.0. The molecule has 1 N–H and O–H groups in total. The first-order valence-corrected chi connectivity index (χ1v) is 17.8. The summed E-state index contributed by atoms with van der Waals surface area (Å²) in [4.78, 5) is 30.0. The molecule has 0 saturated heterocycles. The average Bonchev–Trinajstić information content (AvgIpc) is 3.03. The predicted octanol–water partition coefficient (Wildman–Crippen LogP) is 7.81. The first-order chi connectivity index (χ1) is 21.9. The third-order valence-corrected chi connectivity index (χ3v) is 10.4. The van der Waals surface area contributed by atoms with Gasteiger partial charge in [-0.1, -0.05) is 106 Å². The highest BCUT2D eigenvalue weighted by Gasteiger charge is 2.35. The van der Waals surface area contributed by atoms with E-state index < -0.39 is 28.5 Å². The van der Waals surface area contributed by atoms with Crippen LogP contribution in [0.4, 0.5) is 5.69 Å². The molecule has 4 aromatic rings. The zero-order chi connectivity index (χ0) is 33.4. The van der Waals surface area contributed by atoms with Gasteiger partial charge in [-0.3, -0.25) is 13.9 Å². The third kappa shape index (κ3) is 9.12. The molecule has 2 atom stereocenters. The number of hydrogen-bond donors (Lipinski definition) is 1. The normalized spacial score (nSPS) is 12.7. The molecular formula is C35H36BrCl2N3O4S. The van der Waals surface area contributed by atoms with Crippen molar-refractivity contribution in [1.29, 1.82) is 0 Å². The second-order valence-corrected chi connectivity index (χ2v) is 14.7. The van der Waals surface area contributed by atoms with E-state index in [1.165, 1.54) is 29.2 Å². The minimum Gasteiger partial charge on any atom is -0.352 e. The van der Waals surface area contributed by atoms with Crippen LogP contribution in [0.3, 0.4) is 0 Å². The van der Waals surface area contributed by atoms with Crippen LogP contribution in [0.5, 0.6) is 0 Å². The Morgan fingerprint density at radius 3 is 2.22 bits per heavy atom. The first kappa shape index (κ1) is 35.5. The topological polar surface area (TPSA) is 86.8 Å². The molecule has 242 valence electrons. The molecule has 0 aliphatic rings. The van der Waals surface area contributed by atoms with Gasteiger partial charge < -0.3 is 10.2 Å². The molecule has 0 aliphatic carbocycles. The van der Waals surface area contributed by atoms with Crippen LogP contribution < -0.4 is 9.62 Å². The van der Waals surface area contributed by atoms with Crippen molar-refractivity contribution in [1.82, 2.24) is 10.2 Å². The van der Waals surface area contributed by atoms with Crippen LogP contribution in [-0.2, 0) is 32.6 Å². The number of anilines is 1. The monoisotopic (exact) mass is 743 g/mol. The van der Waals surface area contributed by atoms with E-state index >= 15 is 0 Å². The smallest absolute Gasteiger partial charge is 0.264 e. The van der Waals surface area contributed by atoms with E-state index in [2.05, 4.69) is 21.2 Å². The van der Waals surface area contributed by atoms with Gasteiger partial charge >= 0.3 is 0 Å². The minimum atomic E-state index is -4.31. The summed E-state index contributed by atoms with van der Waals surface area (Å²) in [5, 5.41) is 3.38. The van der Waals surface area contributed by atoms with E-state index in [0.717, 1.165) is 25.5 Å². The Bertz CT molecular complexity index is 1770. The quantitative estimate of drug-likeness (QED) is 0.151. The summed E-state index contributed by atoms with van der Waals surface area (Å²) < 4.78 is 30.2. The number of carbonyl (C=O) groups is 2. The van der Waals surface area contributed by atoms with Gasteiger partial charge in [-0.25, -0.2) is 8.42 Å². The van der Waals surface area contributed by atoms with Crippen molar-refractivity contribution in [2.45, 2.75) is 57.1 Å². The molecule has 0 aliphatic heterocycles. The predicted molar refractivity (Wildman–Crippen MR) is 189 cm³/mol. The van der Waals surface area contributed by atoms with Crippen molar-refractivity contribution in [2.75, 3.05) is 10.8 Å². The molecule has 0 bridgehead atoms. The van der Waals surface area contributed by atoms with Crippen molar-refractivity contribution < 1.29 is 18.0 Å². The summed E-state index contributed by atoms with van der Waals surface area (Å²) in [6.07, 6.45) is 0.907. The van der Waals surface area contributed by atoms with Crippen LogP contribution in [0.1, 0.15) is 37.0 Å². The summed E-state index contributed by atoms with van der Waals surface area (Å²) in [5.41, 5.74) is 2.53. The van der Waals surface area contributed by atoms with E-state index in [4.69, 9.17) is 23.2 Å². The van der Waals surface area contributed by atoms with E-state index in [1.807, 2.05) is 75.4 Å². The van der Waals surface area contributed by atoms with Gasteiger partial charge in [0.2, 0.25) is 11.8 Å². The van der Waals surface area contributed by atoms with Crippen molar-refractivity contribution in [3.8, 4) is 0 Å². The molecule has 0 aromatic heterocycles. The van der Waals surface area contributed by atoms with Crippen LogP contribution in [0.15, 0.2) is 106 Å². The van der Waals surface area contributed by atoms with Gasteiger partial charge in [-0.2, -0.15) is 0 Å². The molecule has 4 rings (SSSR count). The second kappa shape index (κ2) is 16.0. The highest BCUT2D eigenvalue weighted by molar-refractivity contribution is 9.10. The summed E-state index contributed by atoms with van der Waals surface area (Å²) in [6.45, 7) is 5.12. The van der Waals surface area contributed by atoms with Gasteiger partial charge in [0, 0.05) is 28.5 Å². The third-order valence-electron chi connectivity index (χ3n) is 7.58. The van der Waals surface area contributed by atoms with Crippen molar-refractivity contribution >= 4 is 66.7 Å². The lowest BCUT2D eigenvalue weighted by molar-refractivity contribution is -0.140. The largest absolute Gasteiger partial charge is 0.352 e. The number of carbonyl (C=O) groups excluding carboxylic acids is 2. The standard InChI is InChI=1S/C35H36BrCl2N3O4S/c1-4-25(3)39-35(43)33(20-26-9-6-5-7-10-26)40(22-27-11-8-12-28(36)19-27)34(42)23-41(32-21-29(37)15-18-31(32)38)46(44,45)30-16-13-24(2)14-17-30/h5-19,21,25,33H,4,20,22-23H2,1-3H3,(H,39,43)/t25-,33+/m0/s1. The highest BCUT2D eigenvalue weighted by Crippen LogP contribution is 2.33. The van der Waals surface area contributed by atoms with Crippen molar-refractivity contribution in [2.24, 2.45) is 0 Å². The van der Waals surface area contributed by atoms with Gasteiger partial charge in [0.25, 0.3) is 10.0 Å². The number of halogens is 3. The Morgan fingerprint density at radius 1 is 0.891 bits per heavy atom. The van der Waals surface area contributed by atoms with Crippen molar-refractivity contribution in [3.05, 3.63) is 128 Å². The maximum Gasteiger partial charge on any atom is 0.264 e. The summed E-state index contributed by atoms with van der Waals surface area (Å²) >= 11 is 16.4. The van der Waals surface area contributed by atoms with Crippen LogP contribution >= 0.6 is 39.1 Å². The average molecular weight is 746 g/mol. The summed E-state index contributed by atoms with van der Waals surface area (Å²) in [6, 6.07) is 26.5. The van der Waals surface area contributed by atoms with Crippen LogP contribution in [0.25, 0.3) is 0 Å². The maximum atomic E-state index is 14.6. The fourth-order valence-electron chi connectivity index (χ4n) is 4.85. The van der Waals surface area contributed by atoms with Gasteiger partial charge in [0.05, 0.1) is 15.6 Å². The molecular weight excluding hydrogens is 709 g/mol. The number of sulfonamides is 1. The van der Waals surface area contributed by atoms with Crippen LogP contribution in [-0.4, -0.2) is 43.8 Å². The van der Waals surface area contributed by atoms with Crippen LogP contribution in [0, 0.1) is 6.92 Å². The molecule has 7 nitrogen and oxygen atoms in total. The van der Waals surface area contributed by atoms with E-state index in [1.54, 1.807) is 18.2 Å². The fourth-order valence-corrected chi connectivity index (χ4v) is 7.16. The molecule has 11 heteroatoms. The number of hydrogen-bond acceptors (Lipinski definition) is 4. The molecule has 0 saturated carbocycles. The number of benzene rings is 4. The Labute approximate surface area is 289 Å².